The van der Waals surface area contributed by atoms with Gasteiger partial charge in [0.1, 0.15) is 18.1 Å². The normalized spacial score (nSPS) is 11.5. The molecule has 35 heavy (non-hydrogen) atoms. The number of hydrogen-bond acceptors (Lipinski definition) is 5. The van der Waals surface area contributed by atoms with Crippen molar-refractivity contribution in [2.24, 2.45) is 0 Å². The maximum Gasteiger partial charge on any atom is 0.196 e. The Bertz CT molecular complexity index is 1250. The lowest BCUT2D eigenvalue weighted by atomic mass is 9.84. The Labute approximate surface area is 212 Å². The van der Waals surface area contributed by atoms with E-state index in [9.17, 15) is 0 Å². The Kier molecular flexibility index (Phi) is 7.51. The third-order valence-corrected chi connectivity index (χ3v) is 7.01. The largest absolute Gasteiger partial charge is 0.497 e. The molecular formula is C29H33N3O2S. The van der Waals surface area contributed by atoms with Crippen molar-refractivity contribution in [3.63, 3.8) is 0 Å². The molecule has 5 nitrogen and oxygen atoms in total. The summed E-state index contributed by atoms with van der Waals surface area (Å²) >= 11 is 1.70. The van der Waals surface area contributed by atoms with Gasteiger partial charge in [-0.3, -0.25) is 4.57 Å². The second-order valence-electron chi connectivity index (χ2n) is 9.66. The van der Waals surface area contributed by atoms with Crippen molar-refractivity contribution in [3.8, 4) is 17.2 Å². The van der Waals surface area contributed by atoms with E-state index < -0.39 is 0 Å². The van der Waals surface area contributed by atoms with Crippen molar-refractivity contribution in [1.29, 1.82) is 0 Å². The van der Waals surface area contributed by atoms with E-state index in [-0.39, 0.29) is 5.41 Å². The summed E-state index contributed by atoms with van der Waals surface area (Å²) < 4.78 is 13.3. The molecule has 0 aliphatic carbocycles. The first kappa shape index (κ1) is 24.9. The number of ether oxygens (including phenoxy) is 2. The zero-order valence-electron chi connectivity index (χ0n) is 21.3. The SMILES string of the molecule is COc1ccc(OCc2nnc(SCc3c(C)cc(C(C)(C)C)cc3C)n2-c2ccccc2)cc1. The first-order valence-electron chi connectivity index (χ1n) is 11.8. The van der Waals surface area contributed by atoms with Crippen LogP contribution >= 0.6 is 11.8 Å². The molecule has 0 bridgehead atoms. The van der Waals surface area contributed by atoms with E-state index in [1.54, 1.807) is 18.9 Å². The summed E-state index contributed by atoms with van der Waals surface area (Å²) in [5.41, 5.74) is 6.50. The molecule has 4 aromatic rings. The van der Waals surface area contributed by atoms with Gasteiger partial charge in [0.2, 0.25) is 0 Å². The van der Waals surface area contributed by atoms with Crippen LogP contribution in [0.3, 0.4) is 0 Å². The summed E-state index contributed by atoms with van der Waals surface area (Å²) in [6.45, 7) is 11.5. The number of aromatic nitrogens is 3. The van der Waals surface area contributed by atoms with E-state index in [0.29, 0.717) is 6.61 Å². The van der Waals surface area contributed by atoms with Crippen molar-refractivity contribution >= 4 is 11.8 Å². The molecular weight excluding hydrogens is 454 g/mol. The average Bonchev–Trinajstić information content (AvgIpc) is 3.25. The second-order valence-corrected chi connectivity index (χ2v) is 10.6. The number of hydrogen-bond donors (Lipinski definition) is 0. The number of methoxy groups -OCH3 is 1. The molecule has 0 N–H and O–H groups in total. The molecule has 0 spiro atoms. The molecule has 0 saturated heterocycles. The summed E-state index contributed by atoms with van der Waals surface area (Å²) in [7, 11) is 1.65. The fraction of sp³-hybridized carbons (Fsp3) is 0.310. The van der Waals surface area contributed by atoms with Gasteiger partial charge in [0.05, 0.1) is 7.11 Å². The predicted molar refractivity (Wildman–Crippen MR) is 143 cm³/mol. The predicted octanol–water partition coefficient (Wildman–Crippen LogP) is 7.06. The molecule has 1 aromatic heterocycles. The van der Waals surface area contributed by atoms with E-state index in [4.69, 9.17) is 9.47 Å². The topological polar surface area (TPSA) is 49.2 Å². The number of para-hydroxylation sites is 1. The number of thioether (sulfide) groups is 1. The minimum absolute atomic E-state index is 0.132. The first-order chi connectivity index (χ1) is 16.8. The molecule has 0 radical (unpaired) electrons. The Balaban J connectivity index is 1.58. The van der Waals surface area contributed by atoms with Crippen molar-refractivity contribution in [3.05, 3.63) is 94.8 Å². The van der Waals surface area contributed by atoms with Gasteiger partial charge in [0.25, 0.3) is 0 Å². The highest BCUT2D eigenvalue weighted by Crippen LogP contribution is 2.32. The van der Waals surface area contributed by atoms with Gasteiger partial charge in [-0.15, -0.1) is 10.2 Å². The molecule has 0 unspecified atom stereocenters. The molecule has 0 saturated carbocycles. The maximum absolute atomic E-state index is 6.02. The molecule has 182 valence electrons. The maximum atomic E-state index is 6.02. The zero-order valence-corrected chi connectivity index (χ0v) is 22.1. The number of benzene rings is 3. The second kappa shape index (κ2) is 10.6. The van der Waals surface area contributed by atoms with Crippen molar-refractivity contribution in [1.82, 2.24) is 14.8 Å². The van der Waals surface area contributed by atoms with Crippen LogP contribution in [0, 0.1) is 13.8 Å². The molecule has 3 aromatic carbocycles. The van der Waals surface area contributed by atoms with Gasteiger partial charge in [0.15, 0.2) is 11.0 Å². The molecule has 0 aliphatic rings. The number of rotatable bonds is 8. The summed E-state index contributed by atoms with van der Waals surface area (Å²) in [6.07, 6.45) is 0. The Morgan fingerprint density at radius 2 is 1.49 bits per heavy atom. The monoisotopic (exact) mass is 487 g/mol. The van der Waals surface area contributed by atoms with Crippen molar-refractivity contribution < 1.29 is 9.47 Å². The average molecular weight is 488 g/mol. The van der Waals surface area contributed by atoms with E-state index in [1.807, 2.05) is 42.5 Å². The highest BCUT2D eigenvalue weighted by atomic mass is 32.2. The van der Waals surface area contributed by atoms with Gasteiger partial charge < -0.3 is 9.47 Å². The van der Waals surface area contributed by atoms with Gasteiger partial charge in [-0.25, -0.2) is 0 Å². The molecule has 0 aliphatic heterocycles. The molecule has 6 heteroatoms. The fourth-order valence-electron chi connectivity index (χ4n) is 3.93. The van der Waals surface area contributed by atoms with Crippen LogP contribution in [0.5, 0.6) is 11.5 Å². The van der Waals surface area contributed by atoms with E-state index in [0.717, 1.165) is 33.9 Å². The first-order valence-corrected chi connectivity index (χ1v) is 12.7. The van der Waals surface area contributed by atoms with Gasteiger partial charge in [-0.1, -0.05) is 62.9 Å². The lowest BCUT2D eigenvalue weighted by Gasteiger charge is -2.22. The zero-order chi connectivity index (χ0) is 25.0. The molecule has 1 heterocycles. The molecule has 4 rings (SSSR count). The van der Waals surface area contributed by atoms with Crippen molar-refractivity contribution in [2.75, 3.05) is 7.11 Å². The highest BCUT2D eigenvalue weighted by molar-refractivity contribution is 7.98. The third kappa shape index (κ3) is 5.88. The Hall–Kier alpha value is -3.25. The van der Waals surface area contributed by atoms with Crippen LogP contribution < -0.4 is 9.47 Å². The number of aryl methyl sites for hydroxylation is 2. The minimum atomic E-state index is 0.132. The Morgan fingerprint density at radius 1 is 0.857 bits per heavy atom. The van der Waals surface area contributed by atoms with Crippen LogP contribution in [0.4, 0.5) is 0 Å². The highest BCUT2D eigenvalue weighted by Gasteiger charge is 2.19. The van der Waals surface area contributed by atoms with Gasteiger partial charge >= 0.3 is 0 Å². The van der Waals surface area contributed by atoms with Crippen LogP contribution in [0.25, 0.3) is 5.69 Å². The van der Waals surface area contributed by atoms with Gasteiger partial charge in [-0.2, -0.15) is 0 Å². The van der Waals surface area contributed by atoms with Crippen LogP contribution in [-0.2, 0) is 17.8 Å². The number of nitrogens with zero attached hydrogens (tertiary/aromatic N) is 3. The quantitative estimate of drug-likeness (QED) is 0.249. The smallest absolute Gasteiger partial charge is 0.196 e. The fourth-order valence-corrected chi connectivity index (χ4v) is 5.10. The van der Waals surface area contributed by atoms with E-state index in [2.05, 4.69) is 73.6 Å². The van der Waals surface area contributed by atoms with Gasteiger partial charge in [0, 0.05) is 11.4 Å². The minimum Gasteiger partial charge on any atom is -0.497 e. The van der Waals surface area contributed by atoms with Crippen LogP contribution in [0.1, 0.15) is 48.8 Å². The van der Waals surface area contributed by atoms with Crippen LogP contribution in [0.2, 0.25) is 0 Å². The summed E-state index contributed by atoms with van der Waals surface area (Å²) in [5.74, 6) is 3.13. The van der Waals surface area contributed by atoms with Crippen LogP contribution in [-0.4, -0.2) is 21.9 Å². The molecule has 0 fully saturated rings. The third-order valence-electron chi connectivity index (χ3n) is 6.05. The van der Waals surface area contributed by atoms with Crippen LogP contribution in [0.15, 0.2) is 71.9 Å². The lowest BCUT2D eigenvalue weighted by molar-refractivity contribution is 0.292. The molecule has 0 amide bonds. The van der Waals surface area contributed by atoms with E-state index in [1.165, 1.54) is 22.3 Å². The van der Waals surface area contributed by atoms with Gasteiger partial charge in [-0.05, 0) is 77.9 Å². The summed E-state index contributed by atoms with van der Waals surface area (Å²) in [6, 6.07) is 22.4. The molecule has 0 atom stereocenters. The standard InChI is InChI=1S/C29H33N3O2S/c1-20-16-22(29(3,4)5)17-21(2)26(20)19-35-28-31-30-27(32(28)23-10-8-7-9-11-23)18-34-25-14-12-24(33-6)13-15-25/h7-17H,18-19H2,1-6H3. The lowest BCUT2D eigenvalue weighted by Crippen LogP contribution is -2.12. The van der Waals surface area contributed by atoms with E-state index >= 15 is 0 Å². The summed E-state index contributed by atoms with van der Waals surface area (Å²) in [5, 5.41) is 9.88. The van der Waals surface area contributed by atoms with Crippen molar-refractivity contribution in [2.45, 2.75) is 57.5 Å². The Morgan fingerprint density at radius 3 is 2.09 bits per heavy atom. The summed E-state index contributed by atoms with van der Waals surface area (Å²) in [4.78, 5) is 0.